The van der Waals surface area contributed by atoms with Crippen LogP contribution >= 0.6 is 0 Å². The minimum atomic E-state index is -0.851. The summed E-state index contributed by atoms with van der Waals surface area (Å²) in [6, 6.07) is 27.9. The van der Waals surface area contributed by atoms with Gasteiger partial charge in [0.05, 0.1) is 0 Å². The molecular formula is C30H28FN3O2. The highest BCUT2D eigenvalue weighted by Crippen LogP contribution is 2.25. The molecule has 0 spiro atoms. The van der Waals surface area contributed by atoms with Crippen LogP contribution in [0, 0.1) is 5.82 Å². The van der Waals surface area contributed by atoms with Crippen molar-refractivity contribution in [3.8, 4) is 0 Å². The number of aryl methyl sites for hydroxylation is 1. The van der Waals surface area contributed by atoms with Crippen LogP contribution in [0.3, 0.4) is 0 Å². The molecule has 4 aromatic rings. The van der Waals surface area contributed by atoms with E-state index in [0.29, 0.717) is 18.5 Å². The van der Waals surface area contributed by atoms with Crippen molar-refractivity contribution in [1.29, 1.82) is 0 Å². The number of benzene rings is 3. The van der Waals surface area contributed by atoms with E-state index in [1.165, 1.54) is 12.1 Å². The molecular weight excluding hydrogens is 453 g/mol. The molecule has 6 heteroatoms. The Labute approximate surface area is 210 Å². The fourth-order valence-corrected chi connectivity index (χ4v) is 4.05. The summed E-state index contributed by atoms with van der Waals surface area (Å²) >= 11 is 0. The Morgan fingerprint density at radius 2 is 1.47 bits per heavy atom. The van der Waals surface area contributed by atoms with E-state index in [0.717, 1.165) is 16.7 Å². The van der Waals surface area contributed by atoms with E-state index in [9.17, 15) is 14.0 Å². The molecule has 4 rings (SSSR count). The zero-order valence-electron chi connectivity index (χ0n) is 19.9. The summed E-state index contributed by atoms with van der Waals surface area (Å²) in [6.07, 6.45) is 4.16. The average molecular weight is 482 g/mol. The lowest BCUT2D eigenvalue weighted by Crippen LogP contribution is -2.43. The molecule has 1 N–H and O–H groups in total. The van der Waals surface area contributed by atoms with Gasteiger partial charge < -0.3 is 10.2 Å². The Kier molecular flexibility index (Phi) is 8.54. The first-order valence-corrected chi connectivity index (χ1v) is 11.9. The maximum Gasteiger partial charge on any atom is 0.247 e. The molecule has 1 atom stereocenters. The molecule has 0 radical (unpaired) electrons. The second-order valence-electron chi connectivity index (χ2n) is 8.53. The number of aromatic nitrogens is 1. The van der Waals surface area contributed by atoms with Crippen molar-refractivity contribution >= 4 is 11.8 Å². The molecule has 0 aliphatic carbocycles. The van der Waals surface area contributed by atoms with Crippen molar-refractivity contribution in [2.75, 3.05) is 0 Å². The van der Waals surface area contributed by atoms with Crippen LogP contribution in [0.1, 0.15) is 34.7 Å². The van der Waals surface area contributed by atoms with Crippen LogP contribution in [-0.4, -0.2) is 21.7 Å². The van der Waals surface area contributed by atoms with Crippen LogP contribution in [0.25, 0.3) is 0 Å². The SMILES string of the molecule is O=C(NCc1cccnc1)[C@H](c1ccccc1)N(Cc1ccc(F)cc1)C(=O)CCc1ccccc1. The molecule has 0 saturated heterocycles. The Balaban J connectivity index is 1.62. The summed E-state index contributed by atoms with van der Waals surface area (Å²) in [5.74, 6) is -0.802. The molecule has 5 nitrogen and oxygen atoms in total. The number of nitrogens with one attached hydrogen (secondary N) is 1. The standard InChI is InChI=1S/C30H28FN3O2/c31-27-16-13-24(14-17-27)22-34(28(35)18-15-23-8-3-1-4-9-23)29(26-11-5-2-6-12-26)30(36)33-21-25-10-7-19-32-20-25/h1-14,16-17,19-20,29H,15,18,21-22H2,(H,33,36)/t29-/m0/s1. The molecule has 1 heterocycles. The molecule has 0 unspecified atom stereocenters. The number of hydrogen-bond donors (Lipinski definition) is 1. The Morgan fingerprint density at radius 1 is 0.806 bits per heavy atom. The Morgan fingerprint density at radius 3 is 2.14 bits per heavy atom. The topological polar surface area (TPSA) is 62.3 Å². The van der Waals surface area contributed by atoms with Gasteiger partial charge in [-0.15, -0.1) is 0 Å². The first kappa shape index (κ1) is 24.8. The van der Waals surface area contributed by atoms with Crippen molar-refractivity contribution < 1.29 is 14.0 Å². The zero-order valence-corrected chi connectivity index (χ0v) is 19.9. The fourth-order valence-electron chi connectivity index (χ4n) is 4.05. The first-order chi connectivity index (χ1) is 17.6. The highest BCUT2D eigenvalue weighted by atomic mass is 19.1. The van der Waals surface area contributed by atoms with Crippen LogP contribution in [-0.2, 0) is 29.1 Å². The summed E-state index contributed by atoms with van der Waals surface area (Å²) < 4.78 is 13.6. The highest BCUT2D eigenvalue weighted by Gasteiger charge is 2.31. The number of carbonyl (C=O) groups excluding carboxylic acids is 2. The number of hydrogen-bond acceptors (Lipinski definition) is 3. The minimum absolute atomic E-state index is 0.159. The summed E-state index contributed by atoms with van der Waals surface area (Å²) in [6.45, 7) is 0.465. The summed E-state index contributed by atoms with van der Waals surface area (Å²) in [5, 5.41) is 2.97. The molecule has 36 heavy (non-hydrogen) atoms. The third-order valence-corrected chi connectivity index (χ3v) is 5.92. The van der Waals surface area contributed by atoms with Crippen molar-refractivity contribution in [3.63, 3.8) is 0 Å². The van der Waals surface area contributed by atoms with Gasteiger partial charge in [0, 0.05) is 31.9 Å². The monoisotopic (exact) mass is 481 g/mol. The van der Waals surface area contributed by atoms with Crippen molar-refractivity contribution in [2.45, 2.75) is 32.0 Å². The summed E-state index contributed by atoms with van der Waals surface area (Å²) in [4.78, 5) is 32.9. The molecule has 1 aromatic heterocycles. The number of halogens is 1. The maximum absolute atomic E-state index is 13.6. The number of nitrogens with zero attached hydrogens (tertiary/aromatic N) is 2. The average Bonchev–Trinajstić information content (AvgIpc) is 2.93. The lowest BCUT2D eigenvalue weighted by molar-refractivity contribution is -0.141. The summed E-state index contributed by atoms with van der Waals surface area (Å²) in [7, 11) is 0. The molecule has 2 amide bonds. The molecule has 0 aliphatic rings. The van der Waals surface area contributed by atoms with Gasteiger partial charge in [0.2, 0.25) is 11.8 Å². The van der Waals surface area contributed by atoms with E-state index < -0.39 is 6.04 Å². The van der Waals surface area contributed by atoms with Gasteiger partial charge in [0.1, 0.15) is 11.9 Å². The predicted molar refractivity (Wildman–Crippen MR) is 137 cm³/mol. The fraction of sp³-hybridized carbons (Fsp3) is 0.167. The number of pyridine rings is 1. The lowest BCUT2D eigenvalue weighted by atomic mass is 10.0. The van der Waals surface area contributed by atoms with Crippen molar-refractivity contribution in [2.24, 2.45) is 0 Å². The quantitative estimate of drug-likeness (QED) is 0.337. The lowest BCUT2D eigenvalue weighted by Gasteiger charge is -2.32. The first-order valence-electron chi connectivity index (χ1n) is 11.9. The Hall–Kier alpha value is -4.32. The highest BCUT2D eigenvalue weighted by molar-refractivity contribution is 5.88. The summed E-state index contributed by atoms with van der Waals surface area (Å²) in [5.41, 5.74) is 3.35. The van der Waals surface area contributed by atoms with E-state index in [-0.39, 0.29) is 30.6 Å². The van der Waals surface area contributed by atoms with Crippen molar-refractivity contribution in [1.82, 2.24) is 15.2 Å². The van der Waals surface area contributed by atoms with Gasteiger partial charge in [0.15, 0.2) is 0 Å². The van der Waals surface area contributed by atoms with E-state index in [4.69, 9.17) is 0 Å². The molecule has 3 aromatic carbocycles. The van der Waals surface area contributed by atoms with Crippen LogP contribution in [0.15, 0.2) is 109 Å². The minimum Gasteiger partial charge on any atom is -0.350 e. The number of rotatable bonds is 10. The second kappa shape index (κ2) is 12.4. The Bertz CT molecular complexity index is 1250. The number of amides is 2. The maximum atomic E-state index is 13.6. The third kappa shape index (κ3) is 6.85. The van der Waals surface area contributed by atoms with Gasteiger partial charge in [-0.3, -0.25) is 14.6 Å². The van der Waals surface area contributed by atoms with Crippen LogP contribution in [0.2, 0.25) is 0 Å². The number of carbonyl (C=O) groups is 2. The largest absolute Gasteiger partial charge is 0.350 e. The van der Waals surface area contributed by atoms with E-state index >= 15 is 0 Å². The van der Waals surface area contributed by atoms with Crippen molar-refractivity contribution in [3.05, 3.63) is 138 Å². The molecule has 0 aliphatic heterocycles. The van der Waals surface area contributed by atoms with Crippen LogP contribution in [0.5, 0.6) is 0 Å². The van der Waals surface area contributed by atoms with Gasteiger partial charge in [-0.05, 0) is 46.9 Å². The van der Waals surface area contributed by atoms with Crippen LogP contribution in [0.4, 0.5) is 4.39 Å². The smallest absolute Gasteiger partial charge is 0.247 e. The van der Waals surface area contributed by atoms with Gasteiger partial charge in [-0.25, -0.2) is 4.39 Å². The molecule has 0 fully saturated rings. The van der Waals surface area contributed by atoms with Gasteiger partial charge in [-0.2, -0.15) is 0 Å². The van der Waals surface area contributed by atoms with E-state index in [2.05, 4.69) is 10.3 Å². The molecule has 0 bridgehead atoms. The molecule has 0 saturated carbocycles. The van der Waals surface area contributed by atoms with Gasteiger partial charge in [-0.1, -0.05) is 78.9 Å². The zero-order chi connectivity index (χ0) is 25.2. The predicted octanol–water partition coefficient (Wildman–Crippen LogP) is 5.24. The van der Waals surface area contributed by atoms with Gasteiger partial charge >= 0.3 is 0 Å². The molecule has 182 valence electrons. The van der Waals surface area contributed by atoms with E-state index in [1.807, 2.05) is 72.8 Å². The van der Waals surface area contributed by atoms with Crippen LogP contribution < -0.4 is 5.32 Å². The third-order valence-electron chi connectivity index (χ3n) is 5.92. The second-order valence-corrected chi connectivity index (χ2v) is 8.53. The van der Waals surface area contributed by atoms with E-state index in [1.54, 1.807) is 29.4 Å². The van der Waals surface area contributed by atoms with Gasteiger partial charge in [0.25, 0.3) is 0 Å². The normalized spacial score (nSPS) is 11.5.